The van der Waals surface area contributed by atoms with E-state index in [1.807, 2.05) is 48.5 Å². The van der Waals surface area contributed by atoms with E-state index in [0.717, 1.165) is 61.2 Å². The lowest BCUT2D eigenvalue weighted by Gasteiger charge is -2.17. The van der Waals surface area contributed by atoms with Crippen LogP contribution in [0.25, 0.3) is 0 Å². The summed E-state index contributed by atoms with van der Waals surface area (Å²) in [4.78, 5) is 22.4. The smallest absolute Gasteiger partial charge is 0.324 e. The van der Waals surface area contributed by atoms with E-state index in [9.17, 15) is 9.59 Å². The third-order valence-electron chi connectivity index (χ3n) is 5.85. The first-order valence-electron chi connectivity index (χ1n) is 11.2. The fourth-order valence-electron chi connectivity index (χ4n) is 4.15. The molecular formula is C26H31BrO6. The number of carbonyl (C=O) groups is 2. The molecule has 3 atom stereocenters. The number of carbonyl (C=O) groups excluding carboxylic acids is 2. The highest BCUT2D eigenvalue weighted by Crippen LogP contribution is 2.36. The average molecular weight is 519 g/mol. The van der Waals surface area contributed by atoms with Crippen LogP contribution in [0.5, 0.6) is 0 Å². The molecule has 2 fully saturated rings. The maximum atomic E-state index is 11.6. The zero-order valence-corrected chi connectivity index (χ0v) is 20.7. The normalized spacial score (nSPS) is 20.5. The Hall–Kier alpha value is -2.22. The van der Waals surface area contributed by atoms with E-state index in [4.69, 9.17) is 18.9 Å². The van der Waals surface area contributed by atoms with Gasteiger partial charge in [-0.1, -0.05) is 64.5 Å². The molecule has 178 valence electrons. The van der Waals surface area contributed by atoms with Gasteiger partial charge in [0.1, 0.15) is 4.83 Å². The highest BCUT2D eigenvalue weighted by Gasteiger charge is 2.26. The molecule has 4 rings (SSSR count). The number of rotatable bonds is 6. The van der Waals surface area contributed by atoms with Crippen molar-refractivity contribution in [3.63, 3.8) is 0 Å². The van der Waals surface area contributed by atoms with Gasteiger partial charge in [0.2, 0.25) is 0 Å². The summed E-state index contributed by atoms with van der Waals surface area (Å²) in [7, 11) is 2.81. The molecule has 0 bridgehead atoms. The second kappa shape index (κ2) is 12.9. The zero-order chi connectivity index (χ0) is 23.6. The van der Waals surface area contributed by atoms with Gasteiger partial charge in [-0.05, 0) is 47.9 Å². The summed E-state index contributed by atoms with van der Waals surface area (Å²) in [5, 5.41) is 0. The third kappa shape index (κ3) is 6.88. The molecule has 0 radical (unpaired) electrons. The summed E-state index contributed by atoms with van der Waals surface area (Å²) in [6.07, 6.45) is 4.81. The molecule has 0 spiro atoms. The lowest BCUT2D eigenvalue weighted by Crippen LogP contribution is -2.12. The number of ether oxygens (including phenoxy) is 4. The molecule has 2 aromatic rings. The second-order valence-corrected chi connectivity index (χ2v) is 8.89. The van der Waals surface area contributed by atoms with Crippen LogP contribution in [0.1, 0.15) is 65.0 Å². The summed E-state index contributed by atoms with van der Waals surface area (Å²) >= 11 is 3.38. The van der Waals surface area contributed by atoms with Gasteiger partial charge in [0.15, 0.2) is 0 Å². The Morgan fingerprint density at radius 3 is 2.06 bits per heavy atom. The van der Waals surface area contributed by atoms with Gasteiger partial charge in [-0.3, -0.25) is 9.59 Å². The van der Waals surface area contributed by atoms with Crippen LogP contribution < -0.4 is 0 Å². The monoisotopic (exact) mass is 518 g/mol. The fourth-order valence-corrected chi connectivity index (χ4v) is 4.75. The number of methoxy groups -OCH3 is 2. The van der Waals surface area contributed by atoms with Gasteiger partial charge >= 0.3 is 11.9 Å². The molecule has 3 unspecified atom stereocenters. The van der Waals surface area contributed by atoms with Gasteiger partial charge in [-0.25, -0.2) is 0 Å². The van der Waals surface area contributed by atoms with Crippen molar-refractivity contribution in [3.8, 4) is 0 Å². The minimum atomic E-state index is -0.423. The molecule has 2 aliphatic heterocycles. The van der Waals surface area contributed by atoms with Crippen LogP contribution in [0.4, 0.5) is 0 Å². The molecule has 2 heterocycles. The van der Waals surface area contributed by atoms with Crippen molar-refractivity contribution in [1.29, 1.82) is 0 Å². The number of esters is 2. The number of alkyl halides is 1. The second-order valence-electron chi connectivity index (χ2n) is 7.97. The van der Waals surface area contributed by atoms with Crippen molar-refractivity contribution in [2.24, 2.45) is 0 Å². The Morgan fingerprint density at radius 2 is 1.48 bits per heavy atom. The molecule has 0 saturated carbocycles. The largest absolute Gasteiger partial charge is 0.469 e. The van der Waals surface area contributed by atoms with Gasteiger partial charge < -0.3 is 18.9 Å². The lowest BCUT2D eigenvalue weighted by atomic mass is 9.98. The number of hydrogen-bond acceptors (Lipinski definition) is 6. The molecule has 7 heteroatoms. The molecule has 0 aromatic heterocycles. The minimum Gasteiger partial charge on any atom is -0.469 e. The van der Waals surface area contributed by atoms with Gasteiger partial charge in [0, 0.05) is 13.2 Å². The highest BCUT2D eigenvalue weighted by atomic mass is 79.9. The molecule has 0 amide bonds. The SMILES string of the molecule is COC(=O)C(Br)c1ccccc1C1CCCO1.COC(=O)Cc1ccccc1C1CCCO1. The van der Waals surface area contributed by atoms with E-state index >= 15 is 0 Å². The first-order chi connectivity index (χ1) is 16.0. The summed E-state index contributed by atoms with van der Waals surface area (Å²) in [5.74, 6) is -0.485. The van der Waals surface area contributed by atoms with Crippen LogP contribution in [-0.2, 0) is 35.0 Å². The van der Waals surface area contributed by atoms with Gasteiger partial charge in [-0.15, -0.1) is 0 Å². The van der Waals surface area contributed by atoms with E-state index in [0.29, 0.717) is 6.42 Å². The minimum absolute atomic E-state index is 0.107. The first-order valence-corrected chi connectivity index (χ1v) is 12.1. The van der Waals surface area contributed by atoms with Crippen molar-refractivity contribution in [2.75, 3.05) is 27.4 Å². The van der Waals surface area contributed by atoms with Gasteiger partial charge in [0.25, 0.3) is 0 Å². The topological polar surface area (TPSA) is 71.1 Å². The Bertz CT molecular complexity index is 919. The summed E-state index contributed by atoms with van der Waals surface area (Å²) in [6, 6.07) is 15.8. The summed E-state index contributed by atoms with van der Waals surface area (Å²) in [6.45, 7) is 1.61. The van der Waals surface area contributed by atoms with Crippen LogP contribution in [0, 0.1) is 0 Å². The Kier molecular flexibility index (Phi) is 9.91. The maximum Gasteiger partial charge on any atom is 0.324 e. The molecule has 33 heavy (non-hydrogen) atoms. The fraction of sp³-hybridized carbons (Fsp3) is 0.462. The predicted octanol–water partition coefficient (Wildman–Crippen LogP) is 5.40. The van der Waals surface area contributed by atoms with Crippen molar-refractivity contribution in [1.82, 2.24) is 0 Å². The number of halogens is 1. The van der Waals surface area contributed by atoms with Crippen molar-refractivity contribution >= 4 is 27.9 Å². The van der Waals surface area contributed by atoms with E-state index in [2.05, 4.69) is 15.9 Å². The van der Waals surface area contributed by atoms with Crippen LogP contribution in [0.2, 0.25) is 0 Å². The predicted molar refractivity (Wildman–Crippen MR) is 128 cm³/mol. The van der Waals surface area contributed by atoms with Gasteiger partial charge in [-0.2, -0.15) is 0 Å². The maximum absolute atomic E-state index is 11.6. The quantitative estimate of drug-likeness (QED) is 0.376. The summed E-state index contributed by atoms with van der Waals surface area (Å²) in [5.41, 5.74) is 4.16. The van der Waals surface area contributed by atoms with E-state index in [-0.39, 0.29) is 24.1 Å². The van der Waals surface area contributed by atoms with Crippen molar-refractivity contribution < 1.29 is 28.5 Å². The Balaban J connectivity index is 0.000000186. The van der Waals surface area contributed by atoms with Crippen molar-refractivity contribution in [3.05, 3.63) is 70.8 Å². The van der Waals surface area contributed by atoms with Crippen LogP contribution in [0.3, 0.4) is 0 Å². The number of benzene rings is 2. The van der Waals surface area contributed by atoms with Crippen LogP contribution in [-0.4, -0.2) is 39.4 Å². The van der Waals surface area contributed by atoms with Crippen LogP contribution in [0.15, 0.2) is 48.5 Å². The van der Waals surface area contributed by atoms with Crippen LogP contribution >= 0.6 is 15.9 Å². The molecule has 6 nitrogen and oxygen atoms in total. The zero-order valence-electron chi connectivity index (χ0n) is 19.1. The lowest BCUT2D eigenvalue weighted by molar-refractivity contribution is -0.140. The first kappa shape index (κ1) is 25.4. The molecule has 0 aliphatic carbocycles. The van der Waals surface area contributed by atoms with Crippen molar-refractivity contribution in [2.45, 2.75) is 49.1 Å². The van der Waals surface area contributed by atoms with E-state index in [1.165, 1.54) is 14.2 Å². The molecule has 2 aliphatic rings. The Morgan fingerprint density at radius 1 is 0.909 bits per heavy atom. The summed E-state index contributed by atoms with van der Waals surface area (Å²) < 4.78 is 20.8. The molecule has 2 aromatic carbocycles. The molecule has 2 saturated heterocycles. The highest BCUT2D eigenvalue weighted by molar-refractivity contribution is 9.09. The standard InChI is InChI=1S/C13H15BrO3.C13H16O3/c1-16-13(15)12(14)10-6-3-2-5-9(10)11-7-4-8-17-11;1-15-13(14)9-10-5-2-3-6-11(10)12-7-4-8-16-12/h2-3,5-6,11-12H,4,7-8H2,1H3;2-3,5-6,12H,4,7-9H2,1H3. The third-order valence-corrected chi connectivity index (χ3v) is 6.71. The molecule has 0 N–H and O–H groups in total. The number of hydrogen-bond donors (Lipinski definition) is 0. The van der Waals surface area contributed by atoms with E-state index in [1.54, 1.807) is 0 Å². The van der Waals surface area contributed by atoms with E-state index < -0.39 is 4.83 Å². The molecular weight excluding hydrogens is 488 g/mol. The Labute approximate surface area is 203 Å². The average Bonchev–Trinajstić information content (AvgIpc) is 3.58. The van der Waals surface area contributed by atoms with Gasteiger partial charge in [0.05, 0.1) is 32.8 Å².